The van der Waals surface area contributed by atoms with Gasteiger partial charge in [-0.25, -0.2) is 9.18 Å². The number of aromatic nitrogens is 2. The first kappa shape index (κ1) is 23.2. The topological polar surface area (TPSA) is 111 Å². The molecule has 1 atom stereocenters. The highest BCUT2D eigenvalue weighted by atomic mass is 19.1. The average molecular weight is 469 g/mol. The van der Waals surface area contributed by atoms with Crippen molar-refractivity contribution in [3.8, 4) is 11.5 Å². The summed E-state index contributed by atoms with van der Waals surface area (Å²) in [4.78, 5) is 43.3. The average Bonchev–Trinajstić information content (AvgIpc) is 2.79. The molecule has 1 amide bonds. The molecule has 1 aliphatic rings. The van der Waals surface area contributed by atoms with E-state index in [0.29, 0.717) is 17.7 Å². The Morgan fingerprint density at radius 2 is 2.03 bits per heavy atom. The molecule has 10 heteroatoms. The van der Waals surface area contributed by atoms with Crippen LogP contribution in [0.4, 0.5) is 4.39 Å². The fourth-order valence-electron chi connectivity index (χ4n) is 3.98. The Balaban J connectivity index is 1.90. The van der Waals surface area contributed by atoms with E-state index < -0.39 is 28.9 Å². The van der Waals surface area contributed by atoms with Gasteiger partial charge in [-0.2, -0.15) is 0 Å². The summed E-state index contributed by atoms with van der Waals surface area (Å²) in [5, 5.41) is 10.8. The fraction of sp³-hybridized carbons (Fsp3) is 0.333. The summed E-state index contributed by atoms with van der Waals surface area (Å²) in [6.07, 6.45) is 1.21. The monoisotopic (exact) mass is 469 g/mol. The van der Waals surface area contributed by atoms with Crippen LogP contribution in [-0.4, -0.2) is 57.7 Å². The van der Waals surface area contributed by atoms with Crippen LogP contribution in [0, 0.1) is 5.82 Å². The van der Waals surface area contributed by atoms with Crippen molar-refractivity contribution in [3.05, 3.63) is 63.3 Å². The lowest BCUT2D eigenvalue weighted by atomic mass is 10.0. The van der Waals surface area contributed by atoms with Crippen LogP contribution in [0.5, 0.6) is 11.5 Å². The Morgan fingerprint density at radius 1 is 1.32 bits per heavy atom. The van der Waals surface area contributed by atoms with Gasteiger partial charge in [0.15, 0.2) is 17.1 Å². The molecule has 1 aromatic carbocycles. The van der Waals surface area contributed by atoms with Gasteiger partial charge in [-0.15, -0.1) is 0 Å². The van der Waals surface area contributed by atoms with E-state index in [1.54, 1.807) is 26.1 Å². The van der Waals surface area contributed by atoms with Gasteiger partial charge in [0.2, 0.25) is 5.91 Å². The SMILES string of the molecule is CCOC(=O)c1c(O)c2ncc(Cc3ccc(F)cc3)c3c2n(c1=O)C[C@H](CN(C)C(C)=O)O3. The zero-order valence-corrected chi connectivity index (χ0v) is 19.0. The number of hydrogen-bond acceptors (Lipinski definition) is 7. The highest BCUT2D eigenvalue weighted by Gasteiger charge is 2.32. The van der Waals surface area contributed by atoms with Crippen LogP contribution in [0.15, 0.2) is 35.3 Å². The number of ether oxygens (including phenoxy) is 2. The van der Waals surface area contributed by atoms with Crippen LogP contribution < -0.4 is 10.3 Å². The summed E-state index contributed by atoms with van der Waals surface area (Å²) in [5.41, 5.74) is 0.428. The van der Waals surface area contributed by atoms with Crippen LogP contribution in [0.3, 0.4) is 0 Å². The normalized spacial score (nSPS) is 14.5. The van der Waals surface area contributed by atoms with Crippen molar-refractivity contribution in [2.75, 3.05) is 20.2 Å². The Bertz CT molecular complexity index is 1340. The van der Waals surface area contributed by atoms with E-state index in [1.807, 2.05) is 0 Å². The Morgan fingerprint density at radius 3 is 2.68 bits per heavy atom. The fourth-order valence-corrected chi connectivity index (χ4v) is 3.98. The molecule has 0 unspecified atom stereocenters. The predicted octanol–water partition coefficient (Wildman–Crippen LogP) is 2.25. The number of amides is 1. The maximum Gasteiger partial charge on any atom is 0.347 e. The summed E-state index contributed by atoms with van der Waals surface area (Å²) in [5.74, 6) is -1.75. The molecule has 0 spiro atoms. The van der Waals surface area contributed by atoms with Gasteiger partial charge < -0.3 is 19.5 Å². The number of carbonyl (C=O) groups excluding carboxylic acids is 2. The van der Waals surface area contributed by atoms with E-state index in [9.17, 15) is 23.9 Å². The molecule has 0 saturated carbocycles. The zero-order chi connectivity index (χ0) is 24.6. The second-order valence-corrected chi connectivity index (χ2v) is 8.11. The van der Waals surface area contributed by atoms with Gasteiger partial charge in [0, 0.05) is 32.2 Å². The maximum atomic E-state index is 13.4. The molecule has 0 saturated heterocycles. The molecule has 0 bridgehead atoms. The van der Waals surface area contributed by atoms with E-state index in [4.69, 9.17) is 9.47 Å². The number of hydrogen-bond donors (Lipinski definition) is 1. The Labute approximate surface area is 194 Å². The summed E-state index contributed by atoms with van der Waals surface area (Å²) in [7, 11) is 1.62. The third-order valence-electron chi connectivity index (χ3n) is 5.74. The number of likely N-dealkylation sites (N-methyl/N-ethyl adjacent to an activating group) is 1. The van der Waals surface area contributed by atoms with Gasteiger partial charge in [0.1, 0.15) is 23.0 Å². The molecular weight excluding hydrogens is 445 g/mol. The van der Waals surface area contributed by atoms with Crippen molar-refractivity contribution in [1.82, 2.24) is 14.5 Å². The Hall–Kier alpha value is -3.95. The quantitative estimate of drug-likeness (QED) is 0.551. The predicted molar refractivity (Wildman–Crippen MR) is 121 cm³/mol. The smallest absolute Gasteiger partial charge is 0.347 e. The third kappa shape index (κ3) is 4.18. The summed E-state index contributed by atoms with van der Waals surface area (Å²) >= 11 is 0. The van der Waals surface area contributed by atoms with E-state index in [-0.39, 0.29) is 42.5 Å². The first-order valence-electron chi connectivity index (χ1n) is 10.8. The first-order valence-corrected chi connectivity index (χ1v) is 10.8. The van der Waals surface area contributed by atoms with Crippen molar-refractivity contribution in [3.63, 3.8) is 0 Å². The lowest BCUT2D eigenvalue weighted by Gasteiger charge is -2.31. The van der Waals surface area contributed by atoms with Crippen LogP contribution in [0.1, 0.15) is 35.3 Å². The number of carbonyl (C=O) groups is 2. The molecule has 34 heavy (non-hydrogen) atoms. The molecule has 0 fully saturated rings. The van der Waals surface area contributed by atoms with E-state index in [2.05, 4.69) is 4.98 Å². The summed E-state index contributed by atoms with van der Waals surface area (Å²) in [6, 6.07) is 5.94. The molecule has 0 aliphatic carbocycles. The molecule has 1 aliphatic heterocycles. The first-order chi connectivity index (χ1) is 16.2. The molecule has 4 rings (SSSR count). The minimum absolute atomic E-state index is 0.0267. The standard InChI is InChI=1S/C24H24FN3O6/c1-4-33-24(32)18-21(30)19-20-22(15(10-26-19)9-14-5-7-16(25)8-6-14)34-17(11-27(3)13(2)29)12-28(20)23(18)31/h5-8,10,17,30H,4,9,11-12H2,1-3H3/t17-/m0/s1. The number of aromatic hydroxyl groups is 1. The van der Waals surface area contributed by atoms with Gasteiger partial charge in [0.25, 0.3) is 5.56 Å². The zero-order valence-electron chi connectivity index (χ0n) is 19.0. The van der Waals surface area contributed by atoms with Crippen molar-refractivity contribution < 1.29 is 28.6 Å². The van der Waals surface area contributed by atoms with Gasteiger partial charge >= 0.3 is 5.97 Å². The second kappa shape index (κ2) is 9.12. The van der Waals surface area contributed by atoms with Crippen LogP contribution in [0.2, 0.25) is 0 Å². The van der Waals surface area contributed by atoms with E-state index >= 15 is 0 Å². The highest BCUT2D eigenvalue weighted by molar-refractivity contribution is 6.00. The number of benzene rings is 1. The third-order valence-corrected chi connectivity index (χ3v) is 5.74. The van der Waals surface area contributed by atoms with Crippen molar-refractivity contribution in [2.45, 2.75) is 32.9 Å². The van der Waals surface area contributed by atoms with Crippen LogP contribution >= 0.6 is 0 Å². The lowest BCUT2D eigenvalue weighted by Crippen LogP contribution is -2.43. The van der Waals surface area contributed by atoms with E-state index in [0.717, 1.165) is 5.56 Å². The largest absolute Gasteiger partial charge is 0.505 e. The molecule has 9 nitrogen and oxygen atoms in total. The van der Waals surface area contributed by atoms with Crippen molar-refractivity contribution >= 4 is 22.9 Å². The Kier molecular flexibility index (Phi) is 6.23. The highest BCUT2D eigenvalue weighted by Crippen LogP contribution is 2.37. The van der Waals surface area contributed by atoms with Gasteiger partial charge in [0.05, 0.1) is 19.7 Å². The molecule has 0 radical (unpaired) electrons. The number of halogens is 1. The molecular formula is C24H24FN3O6. The molecule has 3 aromatic rings. The minimum Gasteiger partial charge on any atom is -0.505 e. The van der Waals surface area contributed by atoms with Crippen molar-refractivity contribution in [2.24, 2.45) is 0 Å². The lowest BCUT2D eigenvalue weighted by molar-refractivity contribution is -0.128. The molecule has 1 N–H and O–H groups in total. The molecule has 178 valence electrons. The summed E-state index contributed by atoms with van der Waals surface area (Å²) in [6.45, 7) is 3.27. The van der Waals surface area contributed by atoms with E-state index in [1.165, 1.54) is 34.7 Å². The van der Waals surface area contributed by atoms with Gasteiger partial charge in [-0.3, -0.25) is 19.1 Å². The minimum atomic E-state index is -0.946. The van der Waals surface area contributed by atoms with Gasteiger partial charge in [-0.05, 0) is 24.6 Å². The number of rotatable bonds is 6. The maximum absolute atomic E-state index is 13.4. The van der Waals surface area contributed by atoms with Crippen LogP contribution in [-0.2, 0) is 22.5 Å². The second-order valence-electron chi connectivity index (χ2n) is 8.11. The van der Waals surface area contributed by atoms with Crippen LogP contribution in [0.25, 0.3) is 11.0 Å². The van der Waals surface area contributed by atoms with Gasteiger partial charge in [-0.1, -0.05) is 12.1 Å². The van der Waals surface area contributed by atoms with Crippen molar-refractivity contribution in [1.29, 1.82) is 0 Å². The number of pyridine rings is 2. The molecule has 3 heterocycles. The molecule has 2 aromatic heterocycles. The number of esters is 1. The summed E-state index contributed by atoms with van der Waals surface area (Å²) < 4.78 is 25.9. The number of nitrogens with zero attached hydrogens (tertiary/aromatic N) is 3.